The molecule has 0 saturated carbocycles. The molecular weight excluding hydrogens is 186 g/mol. The van der Waals surface area contributed by atoms with E-state index in [1.807, 2.05) is 7.11 Å². The second-order valence-corrected chi connectivity index (χ2v) is 4.53. The summed E-state index contributed by atoms with van der Waals surface area (Å²) in [4.78, 5) is 2.46. The van der Waals surface area contributed by atoms with Gasteiger partial charge in [0.25, 0.3) is 0 Å². The molecule has 0 radical (unpaired) electrons. The molecule has 0 saturated heterocycles. The predicted molar refractivity (Wildman–Crippen MR) is 67.3 cm³/mol. The van der Waals surface area contributed by atoms with Gasteiger partial charge in [-0.05, 0) is 46.2 Å². The fraction of sp³-hybridized carbons (Fsp3) is 1.00. The van der Waals surface area contributed by atoms with Gasteiger partial charge in [0.15, 0.2) is 0 Å². The lowest BCUT2D eigenvalue weighted by molar-refractivity contribution is 0.0822. The molecule has 0 aliphatic carbocycles. The van der Waals surface area contributed by atoms with Gasteiger partial charge in [-0.15, -0.1) is 0 Å². The smallest absolute Gasteiger partial charge is 0.0569 e. The Hall–Kier alpha value is -0.0800. The Balaban J connectivity index is 3.66. The molecule has 0 bridgehead atoms. The van der Waals surface area contributed by atoms with Crippen molar-refractivity contribution < 1.29 is 4.74 Å². The van der Waals surface area contributed by atoms with Crippen molar-refractivity contribution in [3.63, 3.8) is 0 Å². The van der Waals surface area contributed by atoms with E-state index in [1.54, 1.807) is 0 Å². The van der Waals surface area contributed by atoms with Crippen LogP contribution in [0.1, 0.15) is 52.9 Å². The molecule has 15 heavy (non-hydrogen) atoms. The van der Waals surface area contributed by atoms with E-state index in [1.165, 1.54) is 32.2 Å². The zero-order chi connectivity index (χ0) is 11.7. The number of rotatable bonds is 9. The number of methoxy groups -OCH3 is 1. The average Bonchev–Trinajstić information content (AvgIpc) is 2.26. The number of hydrogen-bond acceptors (Lipinski definition) is 2. The molecule has 0 fully saturated rings. The highest BCUT2D eigenvalue weighted by atomic mass is 16.5. The van der Waals surface area contributed by atoms with Crippen LogP contribution in [-0.4, -0.2) is 37.7 Å². The molecule has 0 unspecified atom stereocenters. The van der Waals surface area contributed by atoms with E-state index in [4.69, 9.17) is 4.74 Å². The topological polar surface area (TPSA) is 12.5 Å². The normalized spacial score (nSPS) is 15.6. The summed E-state index contributed by atoms with van der Waals surface area (Å²) in [6.45, 7) is 7.98. The Morgan fingerprint density at radius 2 is 1.87 bits per heavy atom. The molecule has 0 aromatic carbocycles. The van der Waals surface area contributed by atoms with Gasteiger partial charge in [0.1, 0.15) is 0 Å². The summed E-state index contributed by atoms with van der Waals surface area (Å²) in [5.74, 6) is 0. The lowest BCUT2D eigenvalue weighted by atomic mass is 10.1. The Bertz CT molecular complexity index is 134. The minimum absolute atomic E-state index is 0.451. The lowest BCUT2D eigenvalue weighted by Crippen LogP contribution is -2.31. The van der Waals surface area contributed by atoms with E-state index >= 15 is 0 Å². The monoisotopic (exact) mass is 215 g/mol. The second-order valence-electron chi connectivity index (χ2n) is 4.53. The number of hydrogen-bond donors (Lipinski definition) is 0. The van der Waals surface area contributed by atoms with Crippen molar-refractivity contribution in [2.45, 2.75) is 65.0 Å². The summed E-state index contributed by atoms with van der Waals surface area (Å²) >= 11 is 0. The van der Waals surface area contributed by atoms with E-state index in [-0.39, 0.29) is 0 Å². The highest BCUT2D eigenvalue weighted by molar-refractivity contribution is 4.66. The maximum absolute atomic E-state index is 5.39. The first-order valence-corrected chi connectivity index (χ1v) is 6.38. The summed E-state index contributed by atoms with van der Waals surface area (Å²) in [6.07, 6.45) is 6.60. The molecule has 2 atom stereocenters. The molecule has 0 amide bonds. The maximum Gasteiger partial charge on any atom is 0.0569 e. The van der Waals surface area contributed by atoms with Gasteiger partial charge in [0, 0.05) is 13.2 Å². The highest BCUT2D eigenvalue weighted by Crippen LogP contribution is 2.11. The Labute approximate surface area is 96.0 Å². The molecule has 0 spiro atoms. The SMILES string of the molecule is CCCCN(C)[C@@H](C)CC[C@@H](CC)OC. The molecule has 2 heteroatoms. The van der Waals surface area contributed by atoms with Gasteiger partial charge in [0.2, 0.25) is 0 Å². The fourth-order valence-corrected chi connectivity index (χ4v) is 1.76. The summed E-state index contributed by atoms with van der Waals surface area (Å²) in [5, 5.41) is 0. The molecule has 0 rings (SSSR count). The van der Waals surface area contributed by atoms with Crippen LogP contribution in [0, 0.1) is 0 Å². The summed E-state index contributed by atoms with van der Waals surface area (Å²) < 4.78 is 5.39. The van der Waals surface area contributed by atoms with Crippen molar-refractivity contribution in [1.29, 1.82) is 0 Å². The van der Waals surface area contributed by atoms with Gasteiger partial charge in [-0.3, -0.25) is 0 Å². The lowest BCUT2D eigenvalue weighted by Gasteiger charge is -2.25. The van der Waals surface area contributed by atoms with Gasteiger partial charge >= 0.3 is 0 Å². The van der Waals surface area contributed by atoms with Crippen LogP contribution in [0.4, 0.5) is 0 Å². The summed E-state index contributed by atoms with van der Waals surface area (Å²) in [5.41, 5.74) is 0. The number of nitrogens with zero attached hydrogens (tertiary/aromatic N) is 1. The molecule has 0 aliphatic rings. The van der Waals surface area contributed by atoms with Gasteiger partial charge < -0.3 is 9.64 Å². The third kappa shape index (κ3) is 6.91. The van der Waals surface area contributed by atoms with Crippen LogP contribution < -0.4 is 0 Å². The fourth-order valence-electron chi connectivity index (χ4n) is 1.76. The Kier molecular flexibility index (Phi) is 9.12. The van der Waals surface area contributed by atoms with Crippen LogP contribution >= 0.6 is 0 Å². The maximum atomic E-state index is 5.39. The van der Waals surface area contributed by atoms with Gasteiger partial charge in [-0.2, -0.15) is 0 Å². The van der Waals surface area contributed by atoms with Crippen molar-refractivity contribution in [3.8, 4) is 0 Å². The first-order valence-electron chi connectivity index (χ1n) is 6.38. The van der Waals surface area contributed by atoms with Crippen LogP contribution in [0.5, 0.6) is 0 Å². The van der Waals surface area contributed by atoms with E-state index in [2.05, 4.69) is 32.7 Å². The summed E-state index contributed by atoms with van der Waals surface area (Å²) in [6, 6.07) is 0.681. The zero-order valence-corrected chi connectivity index (χ0v) is 11.3. The molecule has 2 nitrogen and oxygen atoms in total. The average molecular weight is 215 g/mol. The van der Waals surface area contributed by atoms with Gasteiger partial charge in [-0.1, -0.05) is 20.3 Å². The van der Waals surface area contributed by atoms with E-state index in [0.29, 0.717) is 12.1 Å². The standard InChI is InChI=1S/C13H29NO/c1-6-8-11-14(4)12(3)9-10-13(7-2)15-5/h12-13H,6-11H2,1-5H3/t12-,13+/m0/s1. The van der Waals surface area contributed by atoms with Gasteiger partial charge in [0.05, 0.1) is 6.10 Å². The van der Waals surface area contributed by atoms with Crippen molar-refractivity contribution in [3.05, 3.63) is 0 Å². The minimum atomic E-state index is 0.451. The predicted octanol–water partition coefficient (Wildman–Crippen LogP) is 3.31. The zero-order valence-electron chi connectivity index (χ0n) is 11.3. The van der Waals surface area contributed by atoms with Crippen LogP contribution in [-0.2, 0) is 4.74 Å². The quantitative estimate of drug-likeness (QED) is 0.585. The minimum Gasteiger partial charge on any atom is -0.381 e. The molecular formula is C13H29NO. The third-order valence-corrected chi connectivity index (χ3v) is 3.31. The van der Waals surface area contributed by atoms with E-state index in [9.17, 15) is 0 Å². The summed E-state index contributed by atoms with van der Waals surface area (Å²) in [7, 11) is 4.05. The Morgan fingerprint density at radius 1 is 1.20 bits per heavy atom. The molecule has 0 aromatic heterocycles. The van der Waals surface area contributed by atoms with Crippen molar-refractivity contribution in [2.75, 3.05) is 20.7 Å². The first-order chi connectivity index (χ1) is 7.15. The molecule has 0 aliphatic heterocycles. The van der Waals surface area contributed by atoms with Crippen LogP contribution in [0.25, 0.3) is 0 Å². The molecule has 0 N–H and O–H groups in total. The van der Waals surface area contributed by atoms with Crippen LogP contribution in [0.3, 0.4) is 0 Å². The molecule has 0 aromatic rings. The van der Waals surface area contributed by atoms with Crippen molar-refractivity contribution >= 4 is 0 Å². The van der Waals surface area contributed by atoms with Gasteiger partial charge in [-0.25, -0.2) is 0 Å². The van der Waals surface area contributed by atoms with Crippen molar-refractivity contribution in [2.24, 2.45) is 0 Å². The number of unbranched alkanes of at least 4 members (excludes halogenated alkanes) is 1. The van der Waals surface area contributed by atoms with E-state index in [0.717, 1.165) is 6.42 Å². The first kappa shape index (κ1) is 14.9. The highest BCUT2D eigenvalue weighted by Gasteiger charge is 2.11. The molecule has 92 valence electrons. The van der Waals surface area contributed by atoms with Crippen LogP contribution in [0.2, 0.25) is 0 Å². The van der Waals surface area contributed by atoms with Crippen molar-refractivity contribution in [1.82, 2.24) is 4.90 Å². The second kappa shape index (κ2) is 9.17. The number of ether oxygens (including phenoxy) is 1. The van der Waals surface area contributed by atoms with Crippen LogP contribution in [0.15, 0.2) is 0 Å². The Morgan fingerprint density at radius 3 is 2.33 bits per heavy atom. The third-order valence-electron chi connectivity index (χ3n) is 3.31. The molecule has 0 heterocycles. The van der Waals surface area contributed by atoms with E-state index < -0.39 is 0 Å². The largest absolute Gasteiger partial charge is 0.381 e.